The smallest absolute Gasteiger partial charge is 0.192 e. The van der Waals surface area contributed by atoms with Crippen LogP contribution >= 0.6 is 0 Å². The zero-order valence-corrected chi connectivity index (χ0v) is 17.3. The summed E-state index contributed by atoms with van der Waals surface area (Å²) in [5.41, 5.74) is 0. The van der Waals surface area contributed by atoms with E-state index in [1.165, 1.54) is 44.9 Å². The second-order valence-corrected chi connectivity index (χ2v) is 13.4. The van der Waals surface area contributed by atoms with Crippen LogP contribution in [0.5, 0.6) is 0 Å². The number of terminal acetylenes is 1. The van der Waals surface area contributed by atoms with Gasteiger partial charge in [-0.25, -0.2) is 0 Å². The van der Waals surface area contributed by atoms with E-state index in [-0.39, 0.29) is 0 Å². The first-order valence-corrected chi connectivity index (χ1v) is 12.1. The molecule has 2 heteroatoms. The third kappa shape index (κ3) is 9.69. The van der Waals surface area contributed by atoms with Gasteiger partial charge < -0.3 is 4.43 Å². The molecule has 0 heterocycles. The highest BCUT2D eigenvalue weighted by Crippen LogP contribution is 2.38. The fourth-order valence-corrected chi connectivity index (χ4v) is 3.87. The van der Waals surface area contributed by atoms with Crippen molar-refractivity contribution in [3.05, 3.63) is 0 Å². The predicted molar refractivity (Wildman–Crippen MR) is 103 cm³/mol. The highest BCUT2D eigenvalue weighted by molar-refractivity contribution is 6.74. The second-order valence-electron chi connectivity index (χ2n) is 8.64. The molecule has 0 spiro atoms. The van der Waals surface area contributed by atoms with E-state index < -0.39 is 8.32 Å². The van der Waals surface area contributed by atoms with Gasteiger partial charge in [0, 0.05) is 12.5 Å². The van der Waals surface area contributed by atoms with Crippen LogP contribution in [0.15, 0.2) is 0 Å². The molecule has 1 atom stereocenters. The Bertz CT molecular complexity index is 320. The Hall–Kier alpha value is -0.263. The van der Waals surface area contributed by atoms with Crippen molar-refractivity contribution in [2.24, 2.45) is 5.92 Å². The quantitative estimate of drug-likeness (QED) is 0.231. The Labute approximate surface area is 141 Å². The second kappa shape index (κ2) is 10.5. The monoisotopic (exact) mass is 324 g/mol. The number of hydrogen-bond donors (Lipinski definition) is 0. The minimum atomic E-state index is -1.64. The van der Waals surface area contributed by atoms with Crippen molar-refractivity contribution in [3.63, 3.8) is 0 Å². The lowest BCUT2D eigenvalue weighted by Gasteiger charge is -2.40. The molecule has 130 valence electrons. The summed E-state index contributed by atoms with van der Waals surface area (Å²) in [6, 6.07) is 0. The summed E-state index contributed by atoms with van der Waals surface area (Å²) >= 11 is 0. The van der Waals surface area contributed by atoms with Gasteiger partial charge in [-0.3, -0.25) is 0 Å². The summed E-state index contributed by atoms with van der Waals surface area (Å²) in [5.74, 6) is 3.44. The average Bonchev–Trinajstić information content (AvgIpc) is 2.35. The fraction of sp³-hybridized carbons (Fsp3) is 0.900. The molecule has 1 nitrogen and oxygen atoms in total. The first-order valence-electron chi connectivity index (χ1n) is 9.21. The number of rotatable bonds is 11. The summed E-state index contributed by atoms with van der Waals surface area (Å²) in [6.45, 7) is 16.4. The van der Waals surface area contributed by atoms with E-state index in [0.29, 0.717) is 17.1 Å². The van der Waals surface area contributed by atoms with Crippen LogP contribution in [-0.2, 0) is 4.43 Å². The van der Waals surface area contributed by atoms with Crippen LogP contribution in [0.25, 0.3) is 0 Å². The van der Waals surface area contributed by atoms with Crippen LogP contribution in [0.1, 0.15) is 86.0 Å². The van der Waals surface area contributed by atoms with E-state index in [2.05, 4.69) is 53.6 Å². The summed E-state index contributed by atoms with van der Waals surface area (Å²) in [4.78, 5) is 0. The fourth-order valence-electron chi connectivity index (χ4n) is 2.47. The third-order valence-electron chi connectivity index (χ3n) is 4.85. The van der Waals surface area contributed by atoms with Gasteiger partial charge >= 0.3 is 0 Å². The molecular formula is C20H40OSi. The van der Waals surface area contributed by atoms with Crippen LogP contribution in [-0.4, -0.2) is 14.4 Å². The van der Waals surface area contributed by atoms with Gasteiger partial charge in [0.05, 0.1) is 0 Å². The zero-order valence-electron chi connectivity index (χ0n) is 16.3. The molecule has 0 bridgehead atoms. The number of hydrogen-bond acceptors (Lipinski definition) is 1. The van der Waals surface area contributed by atoms with E-state index >= 15 is 0 Å². The molecule has 0 aliphatic heterocycles. The zero-order chi connectivity index (χ0) is 17.2. The van der Waals surface area contributed by atoms with Gasteiger partial charge in [-0.2, -0.15) is 0 Å². The Balaban J connectivity index is 4.22. The molecule has 0 saturated carbocycles. The van der Waals surface area contributed by atoms with Crippen molar-refractivity contribution >= 4 is 8.32 Å². The largest absolute Gasteiger partial charge is 0.414 e. The normalized spacial score (nSPS) is 14.1. The molecule has 0 aromatic rings. The summed E-state index contributed by atoms with van der Waals surface area (Å²) < 4.78 is 6.67. The molecule has 0 unspecified atom stereocenters. The predicted octanol–water partition coefficient (Wildman–Crippen LogP) is 6.79. The summed E-state index contributed by atoms with van der Waals surface area (Å²) in [7, 11) is -1.64. The van der Waals surface area contributed by atoms with E-state index in [1.54, 1.807) is 0 Å². The van der Waals surface area contributed by atoms with Crippen LogP contribution in [0.3, 0.4) is 0 Å². The molecule has 0 aliphatic rings. The van der Waals surface area contributed by atoms with E-state index in [1.807, 2.05) is 0 Å². The average molecular weight is 325 g/mol. The van der Waals surface area contributed by atoms with Gasteiger partial charge in [0.2, 0.25) is 0 Å². The third-order valence-corrected chi connectivity index (χ3v) is 9.38. The lowest BCUT2D eigenvalue weighted by molar-refractivity contribution is 0.143. The molecule has 0 radical (unpaired) electrons. The van der Waals surface area contributed by atoms with Crippen molar-refractivity contribution in [1.29, 1.82) is 0 Å². The van der Waals surface area contributed by atoms with Crippen LogP contribution in [0.2, 0.25) is 18.1 Å². The Morgan fingerprint density at radius 1 is 1.00 bits per heavy atom. The molecule has 0 N–H and O–H groups in total. The van der Waals surface area contributed by atoms with Gasteiger partial charge in [-0.15, -0.1) is 12.3 Å². The lowest BCUT2D eigenvalue weighted by atomic mass is 10.0. The van der Waals surface area contributed by atoms with E-state index in [0.717, 1.165) is 6.42 Å². The van der Waals surface area contributed by atoms with Crippen molar-refractivity contribution in [1.82, 2.24) is 0 Å². The Morgan fingerprint density at radius 2 is 1.55 bits per heavy atom. The lowest BCUT2D eigenvalue weighted by Crippen LogP contribution is -2.44. The van der Waals surface area contributed by atoms with Gasteiger partial charge in [-0.1, -0.05) is 60.3 Å². The Morgan fingerprint density at radius 3 is 2.05 bits per heavy atom. The maximum absolute atomic E-state index is 6.67. The minimum Gasteiger partial charge on any atom is -0.414 e. The Kier molecular flexibility index (Phi) is 10.4. The van der Waals surface area contributed by atoms with Gasteiger partial charge in [0.15, 0.2) is 8.32 Å². The number of unbranched alkanes of at least 4 members (excludes halogenated alkanes) is 5. The summed E-state index contributed by atoms with van der Waals surface area (Å²) in [6.07, 6.45) is 15.5. The summed E-state index contributed by atoms with van der Waals surface area (Å²) in [5, 5.41) is 0.303. The van der Waals surface area contributed by atoms with E-state index in [4.69, 9.17) is 10.8 Å². The molecule has 0 rings (SSSR count). The van der Waals surface area contributed by atoms with Crippen molar-refractivity contribution < 1.29 is 4.43 Å². The highest BCUT2D eigenvalue weighted by atomic mass is 28.4. The van der Waals surface area contributed by atoms with Crippen LogP contribution in [0.4, 0.5) is 0 Å². The molecule has 22 heavy (non-hydrogen) atoms. The maximum atomic E-state index is 6.67. The van der Waals surface area contributed by atoms with Crippen molar-refractivity contribution in [2.75, 3.05) is 0 Å². The molecule has 0 saturated heterocycles. The van der Waals surface area contributed by atoms with Gasteiger partial charge in [0.1, 0.15) is 0 Å². The maximum Gasteiger partial charge on any atom is 0.192 e. The molecular weight excluding hydrogens is 284 g/mol. The molecule has 0 fully saturated rings. The van der Waals surface area contributed by atoms with Crippen LogP contribution < -0.4 is 0 Å². The molecule has 0 amide bonds. The topological polar surface area (TPSA) is 9.23 Å². The molecule has 0 aliphatic carbocycles. The van der Waals surface area contributed by atoms with Crippen molar-refractivity contribution in [2.45, 2.75) is 110 Å². The minimum absolute atomic E-state index is 0.303. The van der Waals surface area contributed by atoms with Crippen molar-refractivity contribution in [3.8, 4) is 12.3 Å². The standard InChI is InChI=1S/C20H40OSi/c1-9-10-11-12-13-14-15-16-19(17-18(2)3)21-22(7,8)20(4,5)6/h1,18-19H,10-17H2,2-8H3/t19-/m0/s1. The molecule has 0 aromatic carbocycles. The van der Waals surface area contributed by atoms with Gasteiger partial charge in [-0.05, 0) is 43.3 Å². The highest BCUT2D eigenvalue weighted by Gasteiger charge is 2.39. The van der Waals surface area contributed by atoms with Crippen LogP contribution in [0, 0.1) is 18.3 Å². The van der Waals surface area contributed by atoms with E-state index in [9.17, 15) is 0 Å². The van der Waals surface area contributed by atoms with Gasteiger partial charge in [0.25, 0.3) is 0 Å². The first-order chi connectivity index (χ1) is 10.1. The SMILES string of the molecule is C#CCCCCCCC[C@@H](CC(C)C)O[Si](C)(C)C(C)(C)C. The first kappa shape index (κ1) is 21.7. The molecule has 0 aromatic heterocycles.